The molecule has 4 aromatic rings. The molecule has 2 bridgehead atoms. The number of nitrogens with zero attached hydrogens (tertiary/aromatic N) is 3. The molecule has 2 N–H and O–H groups in total. The minimum Gasteiger partial charge on any atom is -0.870 e. The maximum Gasteiger partial charge on any atom is 0.414 e. The van der Waals surface area contributed by atoms with Gasteiger partial charge in [0.2, 0.25) is 0 Å². The van der Waals surface area contributed by atoms with Crippen LogP contribution in [0.3, 0.4) is 0 Å². The Morgan fingerprint density at radius 1 is 1.04 bits per heavy atom. The van der Waals surface area contributed by atoms with E-state index < -0.39 is 18.2 Å². The fraction of sp³-hybridized carbons (Fsp3) is 0.333. The molecule has 50 heavy (non-hydrogen) atoms. The summed E-state index contributed by atoms with van der Waals surface area (Å²) in [6, 6.07) is 17.7. The second-order valence-corrected chi connectivity index (χ2v) is 13.9. The van der Waals surface area contributed by atoms with E-state index in [1.54, 1.807) is 74.1 Å². The van der Waals surface area contributed by atoms with E-state index >= 15 is 0 Å². The van der Waals surface area contributed by atoms with Crippen LogP contribution in [0, 0.1) is 17.2 Å². The van der Waals surface area contributed by atoms with Crippen LogP contribution < -0.4 is 19.4 Å². The van der Waals surface area contributed by atoms with Crippen LogP contribution in [0.1, 0.15) is 50.2 Å². The number of fused-ring (bicyclic) bond motifs is 3. The number of hydrogen-bond acceptors (Lipinski definition) is 10. The van der Waals surface area contributed by atoms with Crippen LogP contribution in [0.2, 0.25) is 10.0 Å². The molecule has 2 atom stereocenters. The summed E-state index contributed by atoms with van der Waals surface area (Å²) in [7, 11) is 3.08. The highest BCUT2D eigenvalue weighted by molar-refractivity contribution is 7.14. The van der Waals surface area contributed by atoms with Gasteiger partial charge in [-0.3, -0.25) is 9.80 Å². The van der Waals surface area contributed by atoms with Crippen molar-refractivity contribution in [3.05, 3.63) is 103 Å². The fourth-order valence-corrected chi connectivity index (χ4v) is 7.71. The van der Waals surface area contributed by atoms with Crippen LogP contribution in [0.4, 0.5) is 10.5 Å². The van der Waals surface area contributed by atoms with Gasteiger partial charge in [-0.25, -0.2) is 14.6 Å². The Morgan fingerprint density at radius 3 is 2.44 bits per heavy atom. The number of piperidine rings is 3. The van der Waals surface area contributed by atoms with Crippen LogP contribution in [0.25, 0.3) is 0 Å². The lowest BCUT2D eigenvalue weighted by atomic mass is 9.86. The Balaban J connectivity index is 0.00000486. The van der Waals surface area contributed by atoms with Gasteiger partial charge in [0.25, 0.3) is 0 Å². The molecule has 0 aliphatic carbocycles. The molecular formula is C36H36Cl2N4O7S. The number of H-pyrrole nitrogens is 1. The third-order valence-electron chi connectivity index (χ3n) is 8.95. The standard InChI is InChI=1S/C36H34Cl2N4O6S.H2O/c1-45-30-8-6-24(15-32(30)46-2)31(16-27-28(37)18-40-19-29(27)38)47-35(43)34-9-7-26(49-34)20-42(25-5-3-4-22(14-25)17-39)36(44)48-33-21-41-12-10-23(33)11-13-41;/h3-9,14-15,18-19,23,31,33H,10-13,16,20-21H2,1-2H3;1H2/t31-,33-;/m0./s1. The molecule has 0 unspecified atom stereocenters. The van der Waals surface area contributed by atoms with E-state index in [0.717, 1.165) is 37.4 Å². The first-order chi connectivity index (χ1) is 23.8. The largest absolute Gasteiger partial charge is 0.870 e. The van der Waals surface area contributed by atoms with Gasteiger partial charge < -0.3 is 24.4 Å². The molecule has 3 fully saturated rings. The Hall–Kier alpha value is -4.38. The van der Waals surface area contributed by atoms with E-state index in [1.165, 1.54) is 23.3 Å². The maximum absolute atomic E-state index is 13.7. The van der Waals surface area contributed by atoms with E-state index in [0.29, 0.717) is 54.7 Å². The number of ether oxygens (including phenoxy) is 4. The molecule has 262 valence electrons. The molecule has 2 aromatic carbocycles. The van der Waals surface area contributed by atoms with E-state index in [2.05, 4.69) is 16.0 Å². The molecule has 11 nitrogen and oxygen atoms in total. The molecule has 7 rings (SSSR count). The lowest BCUT2D eigenvalue weighted by molar-refractivity contribution is -0.377. The summed E-state index contributed by atoms with van der Waals surface area (Å²) < 4.78 is 23.1. The van der Waals surface area contributed by atoms with E-state index in [9.17, 15) is 14.9 Å². The molecule has 5 heterocycles. The molecule has 3 aliphatic heterocycles. The molecule has 0 spiro atoms. The number of carbonyl (C=O) groups excluding carboxylic acids is 2. The van der Waals surface area contributed by atoms with Gasteiger partial charge in [-0.05, 0) is 79.9 Å². The molecule has 1 amide bonds. The summed E-state index contributed by atoms with van der Waals surface area (Å²) in [5.41, 5.74) is 2.22. The zero-order valence-corrected chi connectivity index (χ0v) is 29.8. The van der Waals surface area contributed by atoms with Crippen molar-refractivity contribution >= 4 is 52.3 Å². The first kappa shape index (κ1) is 36.9. The van der Waals surface area contributed by atoms with Gasteiger partial charge in [0, 0.05) is 29.1 Å². The smallest absolute Gasteiger partial charge is 0.414 e. The average molecular weight is 740 g/mol. The minimum atomic E-state index is -0.781. The van der Waals surface area contributed by atoms with Crippen molar-refractivity contribution in [3.8, 4) is 17.6 Å². The number of halogens is 2. The van der Waals surface area contributed by atoms with Crippen molar-refractivity contribution in [2.75, 3.05) is 38.8 Å². The molecule has 3 aliphatic rings. The van der Waals surface area contributed by atoms with Crippen LogP contribution >= 0.6 is 34.5 Å². The number of thiophene rings is 1. The number of nitriles is 1. The third-order valence-corrected chi connectivity index (χ3v) is 10.7. The number of amides is 1. The number of esters is 1. The number of rotatable bonds is 11. The van der Waals surface area contributed by atoms with Crippen LogP contribution in [0.5, 0.6) is 11.5 Å². The van der Waals surface area contributed by atoms with Crippen LogP contribution in [-0.2, 0) is 22.4 Å². The molecule has 2 aromatic heterocycles. The quantitative estimate of drug-likeness (QED) is 0.149. The number of aromatic nitrogens is 1. The summed E-state index contributed by atoms with van der Waals surface area (Å²) in [5, 5.41) is 10.3. The Kier molecular flexibility index (Phi) is 12.2. The number of benzene rings is 2. The number of nitrogens with one attached hydrogen (secondary N) is 1. The number of methoxy groups -OCH3 is 2. The number of hydrogen-bond donors (Lipinski definition) is 0. The van der Waals surface area contributed by atoms with E-state index in [1.807, 2.05) is 0 Å². The Morgan fingerprint density at radius 2 is 1.78 bits per heavy atom. The van der Waals surface area contributed by atoms with Crippen molar-refractivity contribution < 1.29 is 39.0 Å². The lowest BCUT2D eigenvalue weighted by Gasteiger charge is -2.44. The molecule has 0 saturated carbocycles. The van der Waals surface area contributed by atoms with Crippen molar-refractivity contribution in [2.24, 2.45) is 5.92 Å². The first-order valence-corrected chi connectivity index (χ1v) is 17.4. The van der Waals surface area contributed by atoms with E-state index in [-0.39, 0.29) is 24.5 Å². The van der Waals surface area contributed by atoms with Crippen LogP contribution in [0.15, 0.2) is 67.0 Å². The second-order valence-electron chi connectivity index (χ2n) is 11.9. The summed E-state index contributed by atoms with van der Waals surface area (Å²) in [6.07, 6.45) is 3.96. The zero-order valence-electron chi connectivity index (χ0n) is 27.4. The minimum absolute atomic E-state index is 0. The van der Waals surface area contributed by atoms with Crippen molar-refractivity contribution in [1.29, 1.82) is 5.26 Å². The highest BCUT2D eigenvalue weighted by Crippen LogP contribution is 2.36. The molecule has 0 radical (unpaired) electrons. The highest BCUT2D eigenvalue weighted by atomic mass is 35.5. The zero-order chi connectivity index (χ0) is 34.5. The summed E-state index contributed by atoms with van der Waals surface area (Å²) in [6.45, 7) is 2.91. The van der Waals surface area contributed by atoms with Crippen molar-refractivity contribution in [1.82, 2.24) is 4.90 Å². The summed E-state index contributed by atoms with van der Waals surface area (Å²) >= 11 is 14.2. The summed E-state index contributed by atoms with van der Waals surface area (Å²) in [5.74, 6) is 0.783. The second kappa shape index (κ2) is 16.6. The fourth-order valence-electron chi connectivity index (χ4n) is 6.30. The number of carbonyl (C=O) groups is 2. The molecule has 3 saturated heterocycles. The predicted molar refractivity (Wildman–Crippen MR) is 187 cm³/mol. The van der Waals surface area contributed by atoms with Gasteiger partial charge >= 0.3 is 12.1 Å². The topological polar surface area (TPSA) is 145 Å². The van der Waals surface area contributed by atoms with Crippen molar-refractivity contribution in [3.63, 3.8) is 0 Å². The average Bonchev–Trinajstić information content (AvgIpc) is 3.61. The normalized spacial score (nSPS) is 18.3. The molecular weight excluding hydrogens is 703 g/mol. The van der Waals surface area contributed by atoms with E-state index in [4.69, 9.17) is 42.1 Å². The van der Waals surface area contributed by atoms with Gasteiger partial charge in [-0.1, -0.05) is 35.3 Å². The highest BCUT2D eigenvalue weighted by Gasteiger charge is 2.37. The maximum atomic E-state index is 13.7. The van der Waals surface area contributed by atoms with Gasteiger partial charge in [-0.15, -0.1) is 11.3 Å². The number of anilines is 1. The predicted octanol–water partition coefficient (Wildman–Crippen LogP) is 6.96. The van der Waals surface area contributed by atoms with Crippen molar-refractivity contribution in [2.45, 2.75) is 38.0 Å². The lowest BCUT2D eigenvalue weighted by Crippen LogP contribution is -2.53. The Bertz CT molecular complexity index is 1850. The molecule has 14 heteroatoms. The number of aromatic amines is 1. The summed E-state index contributed by atoms with van der Waals surface area (Å²) in [4.78, 5) is 35.2. The van der Waals surface area contributed by atoms with Crippen LogP contribution in [-0.4, -0.2) is 62.4 Å². The van der Waals surface area contributed by atoms with Gasteiger partial charge in [0.15, 0.2) is 23.9 Å². The monoisotopic (exact) mass is 738 g/mol. The third kappa shape index (κ3) is 8.31. The first-order valence-electron chi connectivity index (χ1n) is 15.8. The number of pyridine rings is 1. The van der Waals surface area contributed by atoms with Gasteiger partial charge in [-0.2, -0.15) is 5.26 Å². The van der Waals surface area contributed by atoms with Gasteiger partial charge in [0.05, 0.1) is 32.4 Å². The Labute approximate surface area is 304 Å². The van der Waals surface area contributed by atoms with Gasteiger partial charge in [0.1, 0.15) is 27.1 Å². The SMILES string of the molecule is COc1ccc([C@H](Cc2c(Cl)c[nH+]cc2Cl)OC(=O)c2ccc(CN(C(=O)O[C@H]3CN4CCC3CC4)c3cccc(C#N)c3)s2)cc1OC.[OH-].